The van der Waals surface area contributed by atoms with Gasteiger partial charge in [-0.25, -0.2) is 9.97 Å². The van der Waals surface area contributed by atoms with Crippen LogP contribution in [-0.4, -0.2) is 19.9 Å². The molecule has 2 aromatic carbocycles. The molecule has 0 aliphatic carbocycles. The largest absolute Gasteiger partial charge is 0.349 e. The van der Waals surface area contributed by atoms with Crippen LogP contribution in [0.1, 0.15) is 24.1 Å². The maximum absolute atomic E-state index is 4.62. The van der Waals surface area contributed by atoms with Crippen LogP contribution in [0.3, 0.4) is 0 Å². The Morgan fingerprint density at radius 1 is 0.864 bits per heavy atom. The minimum absolute atomic E-state index is 0.126. The highest BCUT2D eigenvalue weighted by Crippen LogP contribution is 2.17. The molecule has 0 fully saturated rings. The van der Waals surface area contributed by atoms with E-state index in [1.54, 1.807) is 0 Å². The molecule has 5 heteroatoms. The van der Waals surface area contributed by atoms with E-state index in [1.165, 1.54) is 0 Å². The van der Waals surface area contributed by atoms with Crippen LogP contribution < -0.4 is 5.73 Å². The van der Waals surface area contributed by atoms with Gasteiger partial charge in [0.1, 0.15) is 11.9 Å². The summed E-state index contributed by atoms with van der Waals surface area (Å²) >= 11 is 0. The highest BCUT2D eigenvalue weighted by Gasteiger charge is 2.15. The quantitative estimate of drug-likeness (QED) is 0.539. The van der Waals surface area contributed by atoms with Gasteiger partial charge in [-0.05, 0) is 24.3 Å². The summed E-state index contributed by atoms with van der Waals surface area (Å²) in [5.74, 6) is 1.95. The van der Waals surface area contributed by atoms with E-state index in [2.05, 4.69) is 25.7 Å². The minimum atomic E-state index is 0.126. The molecule has 1 atom stereocenters. The summed E-state index contributed by atoms with van der Waals surface area (Å²) in [5, 5.41) is 0. The second-order valence-corrected chi connectivity index (χ2v) is 5.58. The lowest BCUT2D eigenvalue weighted by Gasteiger charge is -2.03. The van der Waals surface area contributed by atoms with Crippen LogP contribution in [0.4, 0.5) is 0 Å². The molecule has 0 saturated carbocycles. The third-order valence-electron chi connectivity index (χ3n) is 3.96. The predicted molar refractivity (Wildman–Crippen MR) is 86.1 cm³/mol. The Bertz CT molecular complexity index is 855. The zero-order valence-electron chi connectivity index (χ0n) is 12.2. The number of quaternary nitrogens is 1. The van der Waals surface area contributed by atoms with Gasteiger partial charge in [-0.2, -0.15) is 0 Å². The van der Waals surface area contributed by atoms with Gasteiger partial charge >= 0.3 is 0 Å². The molecule has 110 valence electrons. The molecule has 0 unspecified atom stereocenters. The molecule has 2 aromatic heterocycles. The van der Waals surface area contributed by atoms with Crippen LogP contribution in [0, 0.1) is 0 Å². The average Bonchev–Trinajstić information content (AvgIpc) is 3.15. The van der Waals surface area contributed by atoms with E-state index in [1.807, 2.05) is 48.5 Å². The Morgan fingerprint density at radius 3 is 2.18 bits per heavy atom. The van der Waals surface area contributed by atoms with Gasteiger partial charge in [0.15, 0.2) is 5.82 Å². The van der Waals surface area contributed by atoms with E-state index in [9.17, 15) is 0 Å². The third kappa shape index (κ3) is 2.35. The van der Waals surface area contributed by atoms with Gasteiger partial charge in [0.05, 0.1) is 22.1 Å². The monoisotopic (exact) mass is 292 g/mol. The molecule has 5 N–H and O–H groups in total. The van der Waals surface area contributed by atoms with Gasteiger partial charge in [-0.3, -0.25) is 0 Å². The second-order valence-electron chi connectivity index (χ2n) is 5.58. The first-order valence-electron chi connectivity index (χ1n) is 7.51. The Hall–Kier alpha value is -2.66. The highest BCUT2D eigenvalue weighted by atomic mass is 15.0. The van der Waals surface area contributed by atoms with Crippen LogP contribution in [0.2, 0.25) is 0 Å². The molecule has 0 radical (unpaired) electrons. The number of rotatable bonds is 4. The van der Waals surface area contributed by atoms with Gasteiger partial charge in [-0.15, -0.1) is 0 Å². The maximum atomic E-state index is 4.62. The molecule has 0 bridgehead atoms. The maximum Gasteiger partial charge on any atom is 0.165 e. The fourth-order valence-electron chi connectivity index (χ4n) is 2.74. The number of para-hydroxylation sites is 4. The van der Waals surface area contributed by atoms with Gasteiger partial charge in [0.25, 0.3) is 0 Å². The lowest BCUT2D eigenvalue weighted by atomic mass is 10.1. The van der Waals surface area contributed by atoms with Crippen molar-refractivity contribution in [3.8, 4) is 0 Å². The topological polar surface area (TPSA) is 85.0 Å². The smallest absolute Gasteiger partial charge is 0.165 e. The lowest BCUT2D eigenvalue weighted by Crippen LogP contribution is -2.54. The van der Waals surface area contributed by atoms with Crippen molar-refractivity contribution >= 4 is 22.1 Å². The molecule has 0 saturated heterocycles. The first kappa shape index (κ1) is 13.0. The molecule has 2 heterocycles. The SMILES string of the molecule is [NH3+][C@H](CCc1nc2ccccc2[nH]1)c1nc2ccccc2[nH]1. The Morgan fingerprint density at radius 2 is 1.50 bits per heavy atom. The molecule has 0 aliphatic rings. The fourth-order valence-corrected chi connectivity index (χ4v) is 2.74. The summed E-state index contributed by atoms with van der Waals surface area (Å²) in [6.07, 6.45) is 1.76. The number of nitrogens with zero attached hydrogens (tertiary/aromatic N) is 2. The van der Waals surface area contributed by atoms with Crippen molar-refractivity contribution in [2.24, 2.45) is 0 Å². The van der Waals surface area contributed by atoms with Crippen molar-refractivity contribution in [1.29, 1.82) is 0 Å². The van der Waals surface area contributed by atoms with Crippen LogP contribution >= 0.6 is 0 Å². The third-order valence-corrected chi connectivity index (χ3v) is 3.96. The predicted octanol–water partition coefficient (Wildman–Crippen LogP) is 2.35. The van der Waals surface area contributed by atoms with Crippen molar-refractivity contribution in [2.75, 3.05) is 0 Å². The number of nitrogens with one attached hydrogen (secondary N) is 2. The number of aromatic amines is 2. The minimum Gasteiger partial charge on any atom is -0.349 e. The number of benzene rings is 2. The molecule has 4 rings (SSSR count). The number of imidazole rings is 2. The fraction of sp³-hybridized carbons (Fsp3) is 0.176. The number of hydrogen-bond donors (Lipinski definition) is 3. The molecule has 0 aliphatic heterocycles. The van der Waals surface area contributed by atoms with Crippen LogP contribution in [0.15, 0.2) is 48.5 Å². The van der Waals surface area contributed by atoms with Gasteiger partial charge in [-0.1, -0.05) is 24.3 Å². The molecule has 0 amide bonds. The van der Waals surface area contributed by atoms with E-state index in [4.69, 9.17) is 0 Å². The zero-order chi connectivity index (χ0) is 14.9. The van der Waals surface area contributed by atoms with E-state index in [0.29, 0.717) is 0 Å². The summed E-state index contributed by atoms with van der Waals surface area (Å²) in [5.41, 5.74) is 8.40. The lowest BCUT2D eigenvalue weighted by molar-refractivity contribution is -0.429. The van der Waals surface area contributed by atoms with Gasteiger partial charge in [0, 0.05) is 12.8 Å². The first-order chi connectivity index (χ1) is 10.8. The Kier molecular flexibility index (Phi) is 3.12. The summed E-state index contributed by atoms with van der Waals surface area (Å²) in [6.45, 7) is 0. The molecule has 22 heavy (non-hydrogen) atoms. The Balaban J connectivity index is 1.50. The summed E-state index contributed by atoms with van der Waals surface area (Å²) < 4.78 is 0. The van der Waals surface area contributed by atoms with E-state index >= 15 is 0 Å². The van der Waals surface area contributed by atoms with E-state index in [-0.39, 0.29) is 6.04 Å². The number of hydrogen-bond acceptors (Lipinski definition) is 2. The number of aryl methyl sites for hydroxylation is 1. The normalized spacial score (nSPS) is 13.0. The highest BCUT2D eigenvalue weighted by molar-refractivity contribution is 5.75. The Labute approximate surface area is 127 Å². The van der Waals surface area contributed by atoms with Gasteiger partial charge < -0.3 is 15.7 Å². The van der Waals surface area contributed by atoms with Crippen LogP contribution in [-0.2, 0) is 6.42 Å². The van der Waals surface area contributed by atoms with Crippen LogP contribution in [0.5, 0.6) is 0 Å². The van der Waals surface area contributed by atoms with Crippen molar-refractivity contribution < 1.29 is 5.73 Å². The van der Waals surface area contributed by atoms with E-state index < -0.39 is 0 Å². The summed E-state index contributed by atoms with van der Waals surface area (Å²) in [7, 11) is 0. The summed E-state index contributed by atoms with van der Waals surface area (Å²) in [6, 6.07) is 16.3. The molecule has 5 nitrogen and oxygen atoms in total. The van der Waals surface area contributed by atoms with Gasteiger partial charge in [0.2, 0.25) is 0 Å². The van der Waals surface area contributed by atoms with Crippen molar-refractivity contribution in [3.63, 3.8) is 0 Å². The average molecular weight is 292 g/mol. The van der Waals surface area contributed by atoms with E-state index in [0.717, 1.165) is 46.6 Å². The standard InChI is InChI=1S/C17H17N5/c18-11(17-21-14-7-3-4-8-15(14)22-17)9-10-16-19-12-5-1-2-6-13(12)20-16/h1-8,11H,9-10,18H2,(H,19,20)(H,21,22)/p+1/t11-/m1/s1. The number of fused-ring (bicyclic) bond motifs is 2. The molecule has 4 aromatic rings. The summed E-state index contributed by atoms with van der Waals surface area (Å²) in [4.78, 5) is 15.9. The second kappa shape index (κ2) is 5.27. The number of H-pyrrole nitrogens is 2. The number of aromatic nitrogens is 4. The van der Waals surface area contributed by atoms with Crippen LogP contribution in [0.25, 0.3) is 22.1 Å². The molecule has 0 spiro atoms. The van der Waals surface area contributed by atoms with Crippen molar-refractivity contribution in [3.05, 3.63) is 60.2 Å². The first-order valence-corrected chi connectivity index (χ1v) is 7.51. The molecular formula is C17H18N5+. The van der Waals surface area contributed by atoms with Crippen molar-refractivity contribution in [1.82, 2.24) is 19.9 Å². The molecular weight excluding hydrogens is 274 g/mol. The zero-order valence-corrected chi connectivity index (χ0v) is 12.2. The van der Waals surface area contributed by atoms with Crippen molar-refractivity contribution in [2.45, 2.75) is 18.9 Å².